The molecule has 2 unspecified atom stereocenters. The van der Waals surface area contributed by atoms with Crippen LogP contribution in [0.2, 0.25) is 0 Å². The van der Waals surface area contributed by atoms with Crippen molar-refractivity contribution in [2.45, 2.75) is 50.7 Å². The summed E-state index contributed by atoms with van der Waals surface area (Å²) in [6.45, 7) is 2.12. The van der Waals surface area contributed by atoms with Gasteiger partial charge in [0.15, 0.2) is 0 Å². The Hall–Kier alpha value is -0.350. The maximum atomic E-state index is 11.2. The molecule has 1 N–H and O–H groups in total. The second kappa shape index (κ2) is 5.66. The smallest absolute Gasteiger partial charge is 0.268 e. The number of allylic oxidation sites excluding steroid dienone is 2. The van der Waals surface area contributed by atoms with Crippen molar-refractivity contribution in [2.75, 3.05) is 0 Å². The minimum Gasteiger partial charge on any atom is -0.285 e. The first-order chi connectivity index (χ1) is 7.05. The minimum atomic E-state index is -3.86. The van der Waals surface area contributed by atoms with E-state index in [1.165, 1.54) is 0 Å². The first-order valence-electron chi connectivity index (χ1n) is 5.68. The molecule has 0 radical (unpaired) electrons. The Morgan fingerprint density at radius 2 is 2.13 bits per heavy atom. The third kappa shape index (κ3) is 3.95. The zero-order valence-electron chi connectivity index (χ0n) is 9.22. The molecule has 1 aliphatic rings. The average molecular weight is 232 g/mol. The molecule has 0 aromatic heterocycles. The van der Waals surface area contributed by atoms with Crippen LogP contribution in [0.1, 0.15) is 45.4 Å². The van der Waals surface area contributed by atoms with Gasteiger partial charge < -0.3 is 0 Å². The Morgan fingerprint density at radius 3 is 2.73 bits per heavy atom. The Kier molecular flexibility index (Phi) is 4.80. The van der Waals surface area contributed by atoms with E-state index in [4.69, 9.17) is 4.55 Å². The van der Waals surface area contributed by atoms with Gasteiger partial charge in [-0.1, -0.05) is 38.3 Å². The SMILES string of the molecule is CCCCCC1C=CCCC1S(=O)(=O)O. The molecule has 0 heterocycles. The Labute approximate surface area is 92.3 Å². The summed E-state index contributed by atoms with van der Waals surface area (Å²) in [5, 5.41) is -0.570. The molecule has 2 atom stereocenters. The van der Waals surface area contributed by atoms with Crippen LogP contribution >= 0.6 is 0 Å². The van der Waals surface area contributed by atoms with Crippen LogP contribution < -0.4 is 0 Å². The summed E-state index contributed by atoms with van der Waals surface area (Å²) >= 11 is 0. The third-order valence-electron chi connectivity index (χ3n) is 3.00. The molecule has 1 aliphatic carbocycles. The van der Waals surface area contributed by atoms with Gasteiger partial charge in [-0.25, -0.2) is 0 Å². The van der Waals surface area contributed by atoms with E-state index >= 15 is 0 Å². The summed E-state index contributed by atoms with van der Waals surface area (Å²) in [6.07, 6.45) is 9.47. The van der Waals surface area contributed by atoms with Gasteiger partial charge >= 0.3 is 0 Å². The highest BCUT2D eigenvalue weighted by Crippen LogP contribution is 2.28. The zero-order valence-corrected chi connectivity index (χ0v) is 10.0. The van der Waals surface area contributed by atoms with Gasteiger partial charge in [-0.2, -0.15) is 8.42 Å². The molecule has 15 heavy (non-hydrogen) atoms. The molecule has 0 aromatic carbocycles. The molecule has 0 bridgehead atoms. The summed E-state index contributed by atoms with van der Waals surface area (Å²) in [7, 11) is -3.86. The topological polar surface area (TPSA) is 54.4 Å². The van der Waals surface area contributed by atoms with Crippen molar-refractivity contribution < 1.29 is 13.0 Å². The summed E-state index contributed by atoms with van der Waals surface area (Å²) in [4.78, 5) is 0. The van der Waals surface area contributed by atoms with Crippen molar-refractivity contribution in [3.63, 3.8) is 0 Å². The van der Waals surface area contributed by atoms with Crippen molar-refractivity contribution in [1.29, 1.82) is 0 Å². The monoisotopic (exact) mass is 232 g/mol. The molecule has 4 heteroatoms. The van der Waals surface area contributed by atoms with Gasteiger partial charge in [-0.3, -0.25) is 4.55 Å². The predicted molar refractivity (Wildman–Crippen MR) is 61.3 cm³/mol. The zero-order chi connectivity index (χ0) is 11.3. The van der Waals surface area contributed by atoms with Crippen LogP contribution in [0, 0.1) is 5.92 Å². The summed E-state index contributed by atoms with van der Waals surface area (Å²) in [6, 6.07) is 0. The van der Waals surface area contributed by atoms with Gasteiger partial charge in [0.1, 0.15) is 0 Å². The highest BCUT2D eigenvalue weighted by molar-refractivity contribution is 7.86. The fourth-order valence-corrected chi connectivity index (χ4v) is 3.25. The molecule has 0 aromatic rings. The molecule has 88 valence electrons. The van der Waals surface area contributed by atoms with E-state index in [2.05, 4.69) is 6.92 Å². The Bertz CT molecular complexity index is 306. The second-order valence-electron chi connectivity index (χ2n) is 4.22. The standard InChI is InChI=1S/C11H20O3S/c1-2-3-4-7-10-8-5-6-9-11(10)15(12,13)14/h5,8,10-11H,2-4,6-7,9H2,1H3,(H,12,13,14). The van der Waals surface area contributed by atoms with Gasteiger partial charge in [-0.05, 0) is 25.2 Å². The van der Waals surface area contributed by atoms with Crippen molar-refractivity contribution in [1.82, 2.24) is 0 Å². The molecule has 0 aliphatic heterocycles. The fourth-order valence-electron chi connectivity index (χ4n) is 2.15. The maximum Gasteiger partial charge on any atom is 0.268 e. The minimum absolute atomic E-state index is 0.0142. The average Bonchev–Trinajstić information content (AvgIpc) is 2.17. The van der Waals surface area contributed by atoms with Crippen molar-refractivity contribution in [3.05, 3.63) is 12.2 Å². The molecular formula is C11H20O3S. The van der Waals surface area contributed by atoms with Gasteiger partial charge in [0.25, 0.3) is 10.1 Å². The highest BCUT2D eigenvalue weighted by Gasteiger charge is 2.31. The quantitative estimate of drug-likeness (QED) is 0.450. The van der Waals surface area contributed by atoms with E-state index in [9.17, 15) is 8.42 Å². The normalized spacial score (nSPS) is 26.8. The summed E-state index contributed by atoms with van der Waals surface area (Å²) in [5.74, 6) is 0.0142. The first kappa shape index (κ1) is 12.7. The van der Waals surface area contributed by atoms with Crippen LogP contribution in [0.4, 0.5) is 0 Å². The first-order valence-corrected chi connectivity index (χ1v) is 7.19. The van der Waals surface area contributed by atoms with Crippen LogP contribution in [0.25, 0.3) is 0 Å². The van der Waals surface area contributed by atoms with E-state index in [1.54, 1.807) is 0 Å². The van der Waals surface area contributed by atoms with Crippen molar-refractivity contribution in [3.8, 4) is 0 Å². The molecule has 0 saturated heterocycles. The molecule has 0 fully saturated rings. The largest absolute Gasteiger partial charge is 0.285 e. The van der Waals surface area contributed by atoms with E-state index in [0.29, 0.717) is 6.42 Å². The van der Waals surface area contributed by atoms with Gasteiger partial charge in [0.2, 0.25) is 0 Å². The van der Waals surface area contributed by atoms with Gasteiger partial charge in [0.05, 0.1) is 5.25 Å². The number of unbranched alkanes of at least 4 members (excludes halogenated alkanes) is 2. The molecule has 1 rings (SSSR count). The lowest BCUT2D eigenvalue weighted by Crippen LogP contribution is -2.30. The Morgan fingerprint density at radius 1 is 1.40 bits per heavy atom. The highest BCUT2D eigenvalue weighted by atomic mass is 32.2. The van der Waals surface area contributed by atoms with Gasteiger partial charge in [-0.15, -0.1) is 0 Å². The number of rotatable bonds is 5. The van der Waals surface area contributed by atoms with Crippen molar-refractivity contribution >= 4 is 10.1 Å². The molecule has 0 spiro atoms. The predicted octanol–water partition coefficient (Wildman–Crippen LogP) is 2.79. The van der Waals surface area contributed by atoms with Crippen LogP contribution in [-0.4, -0.2) is 18.2 Å². The second-order valence-corrected chi connectivity index (χ2v) is 5.85. The number of hydrogen-bond acceptors (Lipinski definition) is 2. The lowest BCUT2D eigenvalue weighted by Gasteiger charge is -2.24. The molecule has 0 saturated carbocycles. The van der Waals surface area contributed by atoms with Crippen LogP contribution in [0.3, 0.4) is 0 Å². The van der Waals surface area contributed by atoms with E-state index < -0.39 is 15.4 Å². The molecular weight excluding hydrogens is 212 g/mol. The molecule has 3 nitrogen and oxygen atoms in total. The lowest BCUT2D eigenvalue weighted by atomic mass is 9.90. The molecule has 0 amide bonds. The summed E-state index contributed by atoms with van der Waals surface area (Å²) < 4.78 is 31.4. The van der Waals surface area contributed by atoms with E-state index in [0.717, 1.165) is 32.1 Å². The number of hydrogen-bond donors (Lipinski definition) is 1. The van der Waals surface area contributed by atoms with E-state index in [1.807, 2.05) is 12.2 Å². The van der Waals surface area contributed by atoms with Gasteiger partial charge in [0, 0.05) is 0 Å². The van der Waals surface area contributed by atoms with Crippen molar-refractivity contribution in [2.24, 2.45) is 5.92 Å². The Balaban J connectivity index is 2.58. The fraction of sp³-hybridized carbons (Fsp3) is 0.818. The maximum absolute atomic E-state index is 11.2. The van der Waals surface area contributed by atoms with Crippen LogP contribution in [0.5, 0.6) is 0 Å². The van der Waals surface area contributed by atoms with Crippen LogP contribution in [0.15, 0.2) is 12.2 Å². The summed E-state index contributed by atoms with van der Waals surface area (Å²) in [5.41, 5.74) is 0. The lowest BCUT2D eigenvalue weighted by molar-refractivity contribution is 0.413. The van der Waals surface area contributed by atoms with Crippen LogP contribution in [-0.2, 0) is 10.1 Å². The van der Waals surface area contributed by atoms with E-state index in [-0.39, 0.29) is 5.92 Å². The third-order valence-corrected chi connectivity index (χ3v) is 4.35.